The summed E-state index contributed by atoms with van der Waals surface area (Å²) in [7, 11) is 0. The Kier molecular flexibility index (Phi) is 5.01. The molecule has 0 saturated carbocycles. The molecule has 104 valence electrons. The highest BCUT2D eigenvalue weighted by molar-refractivity contribution is 9.10. The molecule has 2 rings (SSSR count). The molecule has 0 saturated heterocycles. The molecule has 2 aromatic carbocycles. The van der Waals surface area contributed by atoms with E-state index in [1.807, 2.05) is 36.4 Å². The minimum Gasteiger partial charge on any atom is -0.482 e. The fraction of sp³-hybridized carbons (Fsp3) is 0.133. The fourth-order valence-corrected chi connectivity index (χ4v) is 1.87. The minimum absolute atomic E-state index is 0.0509. The Morgan fingerprint density at radius 1 is 1.15 bits per heavy atom. The molecule has 3 N–H and O–H groups in total. The van der Waals surface area contributed by atoms with Gasteiger partial charge < -0.3 is 15.8 Å². The first-order chi connectivity index (χ1) is 9.65. The van der Waals surface area contributed by atoms with Crippen LogP contribution in [0, 0.1) is 0 Å². The number of halogens is 1. The van der Waals surface area contributed by atoms with Gasteiger partial charge in [0.1, 0.15) is 5.75 Å². The molecule has 20 heavy (non-hydrogen) atoms. The number of carbonyl (C=O) groups excluding carboxylic acids is 1. The van der Waals surface area contributed by atoms with Crippen LogP contribution in [-0.4, -0.2) is 12.5 Å². The highest BCUT2D eigenvalue weighted by Gasteiger charge is 2.04. The second kappa shape index (κ2) is 6.96. The molecule has 0 aliphatic rings. The lowest BCUT2D eigenvalue weighted by atomic mass is 10.2. The van der Waals surface area contributed by atoms with Gasteiger partial charge in [-0.2, -0.15) is 0 Å². The zero-order valence-electron chi connectivity index (χ0n) is 10.8. The molecule has 1 amide bonds. The van der Waals surface area contributed by atoms with Crippen molar-refractivity contribution in [2.45, 2.75) is 6.54 Å². The summed E-state index contributed by atoms with van der Waals surface area (Å²) in [6.07, 6.45) is 0. The molecule has 0 fully saturated rings. The molecule has 0 aliphatic heterocycles. The van der Waals surface area contributed by atoms with Gasteiger partial charge >= 0.3 is 0 Å². The molecule has 4 nitrogen and oxygen atoms in total. The Morgan fingerprint density at radius 3 is 2.55 bits per heavy atom. The van der Waals surface area contributed by atoms with Crippen molar-refractivity contribution >= 4 is 27.5 Å². The number of amides is 1. The number of carbonyl (C=O) groups is 1. The highest BCUT2D eigenvalue weighted by atomic mass is 79.9. The molecule has 0 heterocycles. The Hall–Kier alpha value is -2.01. The third-order valence-corrected chi connectivity index (χ3v) is 3.21. The quantitative estimate of drug-likeness (QED) is 0.826. The summed E-state index contributed by atoms with van der Waals surface area (Å²) in [6, 6.07) is 14.8. The largest absolute Gasteiger partial charge is 0.482 e. The normalized spacial score (nSPS) is 10.1. The van der Waals surface area contributed by atoms with Crippen LogP contribution < -0.4 is 15.8 Å². The molecule has 0 spiro atoms. The van der Waals surface area contributed by atoms with Crippen molar-refractivity contribution in [2.24, 2.45) is 0 Å². The van der Waals surface area contributed by atoms with E-state index in [-0.39, 0.29) is 12.5 Å². The smallest absolute Gasteiger partial charge is 0.258 e. The van der Waals surface area contributed by atoms with E-state index < -0.39 is 0 Å². The van der Waals surface area contributed by atoms with Crippen LogP contribution >= 0.6 is 15.9 Å². The van der Waals surface area contributed by atoms with E-state index in [1.165, 1.54) is 0 Å². The average molecular weight is 335 g/mol. The van der Waals surface area contributed by atoms with Gasteiger partial charge in [-0.05, 0) is 29.8 Å². The molecular formula is C15H15BrN2O2. The van der Waals surface area contributed by atoms with Crippen molar-refractivity contribution in [3.8, 4) is 5.75 Å². The number of benzene rings is 2. The monoisotopic (exact) mass is 334 g/mol. The van der Waals surface area contributed by atoms with E-state index in [0.29, 0.717) is 18.0 Å². The zero-order valence-corrected chi connectivity index (χ0v) is 12.4. The maximum Gasteiger partial charge on any atom is 0.258 e. The van der Waals surface area contributed by atoms with Crippen molar-refractivity contribution in [1.29, 1.82) is 0 Å². The number of hydrogen-bond acceptors (Lipinski definition) is 3. The Labute approximate surface area is 126 Å². The van der Waals surface area contributed by atoms with Crippen LogP contribution in [0.2, 0.25) is 0 Å². The molecule has 0 radical (unpaired) electrons. The zero-order chi connectivity index (χ0) is 14.4. The maximum absolute atomic E-state index is 11.7. The van der Waals surface area contributed by atoms with Gasteiger partial charge in [0.25, 0.3) is 5.91 Å². The van der Waals surface area contributed by atoms with Crippen molar-refractivity contribution in [1.82, 2.24) is 5.32 Å². The third kappa shape index (κ3) is 4.28. The number of nitrogen functional groups attached to an aromatic ring is 1. The number of anilines is 1. The third-order valence-electron chi connectivity index (χ3n) is 2.68. The van der Waals surface area contributed by atoms with Gasteiger partial charge in [-0.3, -0.25) is 4.79 Å². The molecule has 0 unspecified atom stereocenters. The van der Waals surface area contributed by atoms with Gasteiger partial charge in [0, 0.05) is 11.0 Å². The number of para-hydroxylation sites is 2. The Balaban J connectivity index is 1.78. The molecule has 2 aromatic rings. The minimum atomic E-state index is -0.184. The van der Waals surface area contributed by atoms with Gasteiger partial charge in [0.05, 0.1) is 5.69 Å². The molecule has 5 heteroatoms. The topological polar surface area (TPSA) is 64.3 Å². The van der Waals surface area contributed by atoms with Crippen LogP contribution in [0.5, 0.6) is 5.75 Å². The number of hydrogen-bond donors (Lipinski definition) is 2. The number of ether oxygens (including phenoxy) is 1. The first-order valence-electron chi connectivity index (χ1n) is 6.13. The number of nitrogens with two attached hydrogens (primary N) is 1. The van der Waals surface area contributed by atoms with Crippen molar-refractivity contribution < 1.29 is 9.53 Å². The van der Waals surface area contributed by atoms with Crippen molar-refractivity contribution in [2.75, 3.05) is 12.3 Å². The number of nitrogens with one attached hydrogen (secondary N) is 1. The molecular weight excluding hydrogens is 320 g/mol. The van der Waals surface area contributed by atoms with Crippen LogP contribution in [0.15, 0.2) is 53.0 Å². The summed E-state index contributed by atoms with van der Waals surface area (Å²) in [5.74, 6) is 0.336. The van der Waals surface area contributed by atoms with Gasteiger partial charge in [-0.25, -0.2) is 0 Å². The summed E-state index contributed by atoms with van der Waals surface area (Å²) in [6.45, 7) is 0.421. The van der Waals surface area contributed by atoms with Gasteiger partial charge in [-0.15, -0.1) is 0 Å². The first-order valence-corrected chi connectivity index (χ1v) is 6.93. The average Bonchev–Trinajstić information content (AvgIpc) is 2.46. The molecule has 0 atom stereocenters. The Bertz CT molecular complexity index is 585. The predicted molar refractivity (Wildman–Crippen MR) is 82.3 cm³/mol. The second-order valence-electron chi connectivity index (χ2n) is 4.23. The molecule has 0 bridgehead atoms. The predicted octanol–water partition coefficient (Wildman–Crippen LogP) is 2.73. The van der Waals surface area contributed by atoms with Gasteiger partial charge in [0.15, 0.2) is 6.61 Å². The summed E-state index contributed by atoms with van der Waals surface area (Å²) >= 11 is 3.36. The second-order valence-corrected chi connectivity index (χ2v) is 5.15. The highest BCUT2D eigenvalue weighted by Crippen LogP contribution is 2.19. The lowest BCUT2D eigenvalue weighted by Crippen LogP contribution is -2.28. The van der Waals surface area contributed by atoms with Crippen LogP contribution in [0.4, 0.5) is 5.69 Å². The van der Waals surface area contributed by atoms with Crippen LogP contribution in [0.3, 0.4) is 0 Å². The summed E-state index contributed by atoms with van der Waals surface area (Å²) < 4.78 is 6.37. The number of rotatable bonds is 5. The summed E-state index contributed by atoms with van der Waals surface area (Å²) in [5.41, 5.74) is 7.27. The van der Waals surface area contributed by atoms with Gasteiger partial charge in [0.2, 0.25) is 0 Å². The lowest BCUT2D eigenvalue weighted by molar-refractivity contribution is -0.123. The summed E-state index contributed by atoms with van der Waals surface area (Å²) in [5, 5.41) is 2.79. The molecule has 0 aromatic heterocycles. The van der Waals surface area contributed by atoms with Crippen molar-refractivity contribution in [3.63, 3.8) is 0 Å². The standard InChI is InChI=1S/C15H15BrN2O2/c16-12-7-5-11(6-8-12)9-18-15(19)10-20-14-4-2-1-3-13(14)17/h1-8H,9-10,17H2,(H,18,19). The van der Waals surface area contributed by atoms with Crippen molar-refractivity contribution in [3.05, 3.63) is 58.6 Å². The first kappa shape index (κ1) is 14.4. The van der Waals surface area contributed by atoms with E-state index >= 15 is 0 Å². The van der Waals surface area contributed by atoms with E-state index in [9.17, 15) is 4.79 Å². The van der Waals surface area contributed by atoms with Crippen LogP contribution in [-0.2, 0) is 11.3 Å². The van der Waals surface area contributed by atoms with Gasteiger partial charge in [-0.1, -0.05) is 40.2 Å². The van der Waals surface area contributed by atoms with E-state index in [4.69, 9.17) is 10.5 Å². The van der Waals surface area contributed by atoms with Crippen LogP contribution in [0.1, 0.15) is 5.56 Å². The van der Waals surface area contributed by atoms with E-state index in [2.05, 4.69) is 21.2 Å². The molecule has 0 aliphatic carbocycles. The SMILES string of the molecule is Nc1ccccc1OCC(=O)NCc1ccc(Br)cc1. The van der Waals surface area contributed by atoms with E-state index in [1.54, 1.807) is 12.1 Å². The van der Waals surface area contributed by atoms with E-state index in [0.717, 1.165) is 10.0 Å². The fourth-order valence-electron chi connectivity index (χ4n) is 1.61. The Morgan fingerprint density at radius 2 is 1.85 bits per heavy atom. The summed E-state index contributed by atoms with van der Waals surface area (Å²) in [4.78, 5) is 11.7. The maximum atomic E-state index is 11.7. The van der Waals surface area contributed by atoms with Crippen LogP contribution in [0.25, 0.3) is 0 Å². The lowest BCUT2D eigenvalue weighted by Gasteiger charge is -2.09.